The fourth-order valence-corrected chi connectivity index (χ4v) is 7.58. The topological polar surface area (TPSA) is 37.4 Å². The molecule has 0 saturated heterocycles. The second kappa shape index (κ2) is 7.92. The molecule has 3 heteroatoms. The van der Waals surface area contributed by atoms with Gasteiger partial charge in [0.15, 0.2) is 0 Å². The number of carbonyl (C=O) groups excluding carboxylic acids is 2. The lowest BCUT2D eigenvalue weighted by Gasteiger charge is -2.20. The lowest BCUT2D eigenvalue weighted by atomic mass is 9.80. The maximum Gasteiger partial charge on any atom is 0.261 e. The highest BCUT2D eigenvalue weighted by Gasteiger charge is 2.43. The van der Waals surface area contributed by atoms with Crippen LogP contribution in [0.2, 0.25) is 0 Å². The monoisotopic (exact) mass is 539 g/mol. The van der Waals surface area contributed by atoms with Gasteiger partial charge in [-0.15, -0.1) is 0 Å². The Hall–Kier alpha value is -5.28. The first kappa shape index (κ1) is 23.4. The largest absolute Gasteiger partial charge is 0.277 e. The van der Waals surface area contributed by atoms with Crippen LogP contribution in [0.4, 0.5) is 0 Å². The summed E-state index contributed by atoms with van der Waals surface area (Å²) in [5, 5.41) is 7.30. The molecule has 3 nitrogen and oxygen atoms in total. The third-order valence-electron chi connectivity index (χ3n) is 9.32. The van der Waals surface area contributed by atoms with Crippen molar-refractivity contribution in [3.63, 3.8) is 0 Å². The number of amides is 2. The Bertz CT molecular complexity index is 2380. The van der Waals surface area contributed by atoms with Gasteiger partial charge in [0.05, 0.1) is 11.1 Å². The summed E-state index contributed by atoms with van der Waals surface area (Å²) in [5.74, 6) is -0.494. The SMILES string of the molecule is Cc1cccc(-c2c3c(c(-c4cccc(C)c4)c4c2-c2ccc5ccc6cccc7cc-4c2c5c67)C(=O)N(C)C3=O)c1. The highest BCUT2D eigenvalue weighted by atomic mass is 16.2. The van der Waals surface area contributed by atoms with Crippen LogP contribution < -0.4 is 0 Å². The summed E-state index contributed by atoms with van der Waals surface area (Å²) in [7, 11) is 1.60. The van der Waals surface area contributed by atoms with Gasteiger partial charge >= 0.3 is 0 Å². The Morgan fingerprint density at radius 2 is 0.976 bits per heavy atom. The molecule has 2 amide bonds. The number of nitrogens with zero attached hydrogens (tertiary/aromatic N) is 1. The molecule has 42 heavy (non-hydrogen) atoms. The van der Waals surface area contributed by atoms with Gasteiger partial charge in [-0.05, 0) is 85.6 Å². The predicted octanol–water partition coefficient (Wildman–Crippen LogP) is 9.41. The van der Waals surface area contributed by atoms with E-state index in [1.807, 2.05) is 12.1 Å². The first-order chi connectivity index (χ1) is 20.4. The molecule has 1 aliphatic carbocycles. The molecule has 0 unspecified atom stereocenters. The third kappa shape index (κ3) is 2.80. The van der Waals surface area contributed by atoms with Gasteiger partial charge in [0.2, 0.25) is 0 Å². The summed E-state index contributed by atoms with van der Waals surface area (Å²) in [6, 6.07) is 34.2. The van der Waals surface area contributed by atoms with E-state index in [0.717, 1.165) is 55.6 Å². The van der Waals surface area contributed by atoms with Crippen LogP contribution in [0.25, 0.3) is 76.8 Å². The molecule has 0 N–H and O–H groups in total. The number of imide groups is 1. The Labute approximate surface area is 243 Å². The van der Waals surface area contributed by atoms with Crippen LogP contribution in [0.3, 0.4) is 0 Å². The maximum atomic E-state index is 14.1. The quantitative estimate of drug-likeness (QED) is 0.162. The van der Waals surface area contributed by atoms with Crippen LogP contribution in [0.15, 0.2) is 97.1 Å². The smallest absolute Gasteiger partial charge is 0.261 e. The van der Waals surface area contributed by atoms with Crippen LogP contribution in [-0.2, 0) is 0 Å². The first-order valence-corrected chi connectivity index (χ1v) is 14.3. The van der Waals surface area contributed by atoms with E-state index in [1.54, 1.807) is 7.05 Å². The van der Waals surface area contributed by atoms with E-state index in [9.17, 15) is 9.59 Å². The third-order valence-corrected chi connectivity index (χ3v) is 9.32. The highest BCUT2D eigenvalue weighted by Crippen LogP contribution is 2.60. The zero-order chi connectivity index (χ0) is 28.4. The highest BCUT2D eigenvalue weighted by molar-refractivity contribution is 6.37. The Morgan fingerprint density at radius 1 is 0.452 bits per heavy atom. The number of aryl methyl sites for hydroxylation is 2. The molecule has 0 saturated carbocycles. The average Bonchev–Trinajstić information content (AvgIpc) is 3.44. The molecular formula is C39H25NO2. The van der Waals surface area contributed by atoms with E-state index in [2.05, 4.69) is 98.8 Å². The molecule has 0 atom stereocenters. The van der Waals surface area contributed by atoms with Crippen molar-refractivity contribution in [1.82, 2.24) is 4.90 Å². The minimum absolute atomic E-state index is 0.247. The second-order valence-corrected chi connectivity index (χ2v) is 11.8. The minimum Gasteiger partial charge on any atom is -0.277 e. The zero-order valence-electron chi connectivity index (χ0n) is 23.5. The Balaban J connectivity index is 1.58. The van der Waals surface area contributed by atoms with E-state index in [-0.39, 0.29) is 11.8 Å². The zero-order valence-corrected chi connectivity index (χ0v) is 23.5. The molecule has 9 rings (SSSR count). The number of fused-ring (bicyclic) bond motifs is 4. The standard InChI is InChI=1S/C39H25NO2/c1-20-7-4-10-24(17-20)31-34-27-16-15-23-14-13-22-9-6-12-26-19-28(33(27)30(23)29(22)26)35(34)32(25-11-5-8-21(2)18-25)37-36(31)38(41)40(3)39(37)42/h4-19H,1-3H3. The van der Waals surface area contributed by atoms with Gasteiger partial charge < -0.3 is 0 Å². The van der Waals surface area contributed by atoms with E-state index in [4.69, 9.17) is 0 Å². The molecule has 198 valence electrons. The van der Waals surface area contributed by atoms with Crippen LogP contribution in [0.5, 0.6) is 0 Å². The van der Waals surface area contributed by atoms with Crippen LogP contribution >= 0.6 is 0 Å². The minimum atomic E-state index is -0.247. The van der Waals surface area contributed by atoms with Gasteiger partial charge in [-0.2, -0.15) is 0 Å². The molecule has 0 bridgehead atoms. The molecule has 7 aromatic carbocycles. The number of hydrogen-bond donors (Lipinski definition) is 0. The fraction of sp³-hybridized carbons (Fsp3) is 0.0769. The summed E-state index contributed by atoms with van der Waals surface area (Å²) in [6.45, 7) is 4.14. The van der Waals surface area contributed by atoms with Gasteiger partial charge in [0.25, 0.3) is 11.8 Å². The molecule has 0 aromatic heterocycles. The molecule has 7 aromatic rings. The summed E-state index contributed by atoms with van der Waals surface area (Å²) >= 11 is 0. The van der Waals surface area contributed by atoms with E-state index >= 15 is 0 Å². The van der Waals surface area contributed by atoms with Crippen molar-refractivity contribution in [2.24, 2.45) is 0 Å². The molecule has 1 heterocycles. The van der Waals surface area contributed by atoms with Gasteiger partial charge in [-0.3, -0.25) is 14.5 Å². The normalized spacial score (nSPS) is 13.6. The Morgan fingerprint density at radius 3 is 1.60 bits per heavy atom. The van der Waals surface area contributed by atoms with E-state index < -0.39 is 0 Å². The van der Waals surface area contributed by atoms with Crippen molar-refractivity contribution in [3.05, 3.63) is 119 Å². The van der Waals surface area contributed by atoms with E-state index in [1.165, 1.54) is 37.2 Å². The summed E-state index contributed by atoms with van der Waals surface area (Å²) < 4.78 is 0. The first-order valence-electron chi connectivity index (χ1n) is 14.3. The van der Waals surface area contributed by atoms with Crippen molar-refractivity contribution in [2.75, 3.05) is 7.05 Å². The number of carbonyl (C=O) groups is 2. The maximum absolute atomic E-state index is 14.1. The fourth-order valence-electron chi connectivity index (χ4n) is 7.58. The number of rotatable bonds is 2. The van der Waals surface area contributed by atoms with Crippen molar-refractivity contribution in [3.8, 4) is 44.5 Å². The molecule has 0 spiro atoms. The predicted molar refractivity (Wildman–Crippen MR) is 171 cm³/mol. The number of hydrogen-bond acceptors (Lipinski definition) is 2. The van der Waals surface area contributed by atoms with Crippen molar-refractivity contribution < 1.29 is 9.59 Å². The molecule has 2 aliphatic rings. The molecule has 1 aliphatic heterocycles. The van der Waals surface area contributed by atoms with Gasteiger partial charge in [0, 0.05) is 18.2 Å². The van der Waals surface area contributed by atoms with Gasteiger partial charge in [0.1, 0.15) is 0 Å². The van der Waals surface area contributed by atoms with Crippen molar-refractivity contribution in [2.45, 2.75) is 13.8 Å². The number of benzene rings is 7. The average molecular weight is 540 g/mol. The Kier molecular flexibility index (Phi) is 4.42. The lowest BCUT2D eigenvalue weighted by molar-refractivity contribution is 0.0693. The molecular weight excluding hydrogens is 514 g/mol. The van der Waals surface area contributed by atoms with Crippen molar-refractivity contribution in [1.29, 1.82) is 0 Å². The van der Waals surface area contributed by atoms with Gasteiger partial charge in [-0.25, -0.2) is 0 Å². The molecule has 0 fully saturated rings. The molecule has 0 radical (unpaired) electrons. The lowest BCUT2D eigenvalue weighted by Crippen LogP contribution is -2.24. The summed E-state index contributed by atoms with van der Waals surface area (Å²) in [5.41, 5.74) is 11.2. The van der Waals surface area contributed by atoms with Crippen LogP contribution in [0, 0.1) is 13.8 Å². The van der Waals surface area contributed by atoms with E-state index in [0.29, 0.717) is 11.1 Å². The van der Waals surface area contributed by atoms with Crippen molar-refractivity contribution >= 4 is 44.1 Å². The van der Waals surface area contributed by atoms with Crippen LogP contribution in [0.1, 0.15) is 31.8 Å². The summed E-state index contributed by atoms with van der Waals surface area (Å²) in [6.07, 6.45) is 0. The van der Waals surface area contributed by atoms with Gasteiger partial charge in [-0.1, -0.05) is 102 Å². The summed E-state index contributed by atoms with van der Waals surface area (Å²) in [4.78, 5) is 29.4. The second-order valence-electron chi connectivity index (χ2n) is 11.8. The van der Waals surface area contributed by atoms with Crippen LogP contribution in [-0.4, -0.2) is 23.8 Å².